The normalized spacial score (nSPS) is 11.3. The van der Waals surface area contributed by atoms with E-state index in [9.17, 15) is 0 Å². The van der Waals surface area contributed by atoms with Crippen molar-refractivity contribution in [1.29, 1.82) is 0 Å². The molecule has 0 spiro atoms. The summed E-state index contributed by atoms with van der Waals surface area (Å²) < 4.78 is 1.74. The van der Waals surface area contributed by atoms with Crippen LogP contribution in [0, 0.1) is 13.8 Å². The van der Waals surface area contributed by atoms with E-state index in [0.29, 0.717) is 22.6 Å². The molecule has 0 atom stereocenters. The fourth-order valence-corrected chi connectivity index (χ4v) is 2.15. The van der Waals surface area contributed by atoms with Crippen LogP contribution < -0.4 is 5.32 Å². The minimum atomic E-state index is 0.375. The lowest BCUT2D eigenvalue weighted by atomic mass is 10.3. The first kappa shape index (κ1) is 15.3. The average Bonchev–Trinajstić information content (AvgIpc) is 2.65. The number of rotatable bonds is 4. The third-order valence-electron chi connectivity index (χ3n) is 3.00. The van der Waals surface area contributed by atoms with Gasteiger partial charge in [-0.25, -0.2) is 9.67 Å². The second kappa shape index (κ2) is 6.12. The molecule has 0 aliphatic heterocycles. The molecule has 0 aliphatic carbocycles. The number of aromatic nitrogens is 3. The zero-order valence-electron chi connectivity index (χ0n) is 12.0. The van der Waals surface area contributed by atoms with E-state index in [4.69, 9.17) is 23.2 Å². The van der Waals surface area contributed by atoms with E-state index in [1.807, 2.05) is 26.0 Å². The van der Waals surface area contributed by atoms with E-state index in [2.05, 4.69) is 29.2 Å². The van der Waals surface area contributed by atoms with Crippen LogP contribution in [0.15, 0.2) is 12.1 Å². The highest BCUT2D eigenvalue weighted by Crippen LogP contribution is 2.23. The number of nitrogens with one attached hydrogen (secondary N) is 1. The fraction of sp³-hybridized carbons (Fsp3) is 0.429. The highest BCUT2D eigenvalue weighted by molar-refractivity contribution is 6.32. The molecule has 0 bridgehead atoms. The van der Waals surface area contributed by atoms with Crippen LogP contribution >= 0.6 is 23.2 Å². The van der Waals surface area contributed by atoms with Crippen molar-refractivity contribution in [3.8, 4) is 5.82 Å². The molecule has 0 unspecified atom stereocenters. The van der Waals surface area contributed by atoms with Crippen molar-refractivity contribution >= 4 is 23.2 Å². The SMILES string of the molecule is Cc1nn(-c2ccc(Cl)c(CNC(C)C)n2)c(C)c1Cl. The Balaban J connectivity index is 2.38. The second-order valence-corrected chi connectivity index (χ2v) is 5.82. The topological polar surface area (TPSA) is 42.7 Å². The van der Waals surface area contributed by atoms with Gasteiger partial charge in [0.05, 0.1) is 27.1 Å². The van der Waals surface area contributed by atoms with Gasteiger partial charge in [-0.05, 0) is 26.0 Å². The monoisotopic (exact) mass is 312 g/mol. The Morgan fingerprint density at radius 1 is 1.25 bits per heavy atom. The van der Waals surface area contributed by atoms with Crippen LogP contribution in [0.4, 0.5) is 0 Å². The molecular formula is C14H18Cl2N4. The predicted octanol–water partition coefficient (Wildman–Crippen LogP) is 3.69. The average molecular weight is 313 g/mol. The maximum absolute atomic E-state index is 6.19. The lowest BCUT2D eigenvalue weighted by Gasteiger charge is -2.11. The van der Waals surface area contributed by atoms with Crippen LogP contribution in [-0.4, -0.2) is 20.8 Å². The number of pyridine rings is 1. The van der Waals surface area contributed by atoms with Crippen molar-refractivity contribution in [2.75, 3.05) is 0 Å². The molecule has 0 aliphatic rings. The minimum absolute atomic E-state index is 0.375. The molecule has 0 radical (unpaired) electrons. The van der Waals surface area contributed by atoms with Crippen molar-refractivity contribution < 1.29 is 0 Å². The highest BCUT2D eigenvalue weighted by atomic mass is 35.5. The summed E-state index contributed by atoms with van der Waals surface area (Å²) in [7, 11) is 0. The first-order chi connectivity index (χ1) is 9.40. The molecule has 2 heterocycles. The van der Waals surface area contributed by atoms with Gasteiger partial charge in [-0.15, -0.1) is 0 Å². The Kier molecular flexibility index (Phi) is 4.68. The molecule has 20 heavy (non-hydrogen) atoms. The number of aryl methyl sites for hydroxylation is 1. The zero-order valence-corrected chi connectivity index (χ0v) is 13.5. The van der Waals surface area contributed by atoms with E-state index in [-0.39, 0.29) is 0 Å². The zero-order chi connectivity index (χ0) is 14.9. The number of nitrogens with zero attached hydrogens (tertiary/aromatic N) is 3. The minimum Gasteiger partial charge on any atom is -0.309 e. The van der Waals surface area contributed by atoms with E-state index in [0.717, 1.165) is 22.9 Å². The Labute approximate surface area is 129 Å². The predicted molar refractivity (Wildman–Crippen MR) is 82.8 cm³/mol. The Hall–Kier alpha value is -1.10. The molecule has 2 aromatic heterocycles. The third kappa shape index (κ3) is 3.14. The lowest BCUT2D eigenvalue weighted by Crippen LogP contribution is -2.23. The molecule has 0 saturated heterocycles. The summed E-state index contributed by atoms with van der Waals surface area (Å²) in [4.78, 5) is 4.58. The van der Waals surface area contributed by atoms with Gasteiger partial charge in [0.2, 0.25) is 0 Å². The van der Waals surface area contributed by atoms with Gasteiger partial charge in [0.25, 0.3) is 0 Å². The molecule has 0 saturated carbocycles. The van der Waals surface area contributed by atoms with Crippen LogP contribution in [0.25, 0.3) is 5.82 Å². The van der Waals surface area contributed by atoms with Crippen LogP contribution in [0.5, 0.6) is 0 Å². The molecule has 0 aromatic carbocycles. The summed E-state index contributed by atoms with van der Waals surface area (Å²) in [6, 6.07) is 4.06. The van der Waals surface area contributed by atoms with Crippen molar-refractivity contribution in [3.63, 3.8) is 0 Å². The number of hydrogen-bond acceptors (Lipinski definition) is 3. The maximum Gasteiger partial charge on any atom is 0.154 e. The van der Waals surface area contributed by atoms with E-state index < -0.39 is 0 Å². The first-order valence-corrected chi connectivity index (χ1v) is 7.26. The second-order valence-electron chi connectivity index (χ2n) is 5.03. The van der Waals surface area contributed by atoms with Gasteiger partial charge >= 0.3 is 0 Å². The van der Waals surface area contributed by atoms with Gasteiger partial charge in [0, 0.05) is 12.6 Å². The molecule has 1 N–H and O–H groups in total. The number of hydrogen-bond donors (Lipinski definition) is 1. The van der Waals surface area contributed by atoms with Gasteiger partial charge in [-0.2, -0.15) is 5.10 Å². The Morgan fingerprint density at radius 2 is 1.95 bits per heavy atom. The van der Waals surface area contributed by atoms with Gasteiger partial charge in [0.15, 0.2) is 5.82 Å². The fourth-order valence-electron chi connectivity index (χ4n) is 1.86. The molecule has 108 valence electrons. The van der Waals surface area contributed by atoms with Gasteiger partial charge in [0.1, 0.15) is 0 Å². The highest BCUT2D eigenvalue weighted by Gasteiger charge is 2.13. The van der Waals surface area contributed by atoms with Crippen LogP contribution in [0.2, 0.25) is 10.0 Å². The molecular weight excluding hydrogens is 295 g/mol. The standard InChI is InChI=1S/C14H18Cl2N4/c1-8(2)17-7-12-11(15)5-6-13(18-12)20-10(4)14(16)9(3)19-20/h5-6,8,17H,7H2,1-4H3. The summed E-state index contributed by atoms with van der Waals surface area (Å²) in [5.41, 5.74) is 2.48. The van der Waals surface area contributed by atoms with Crippen molar-refractivity contribution in [3.05, 3.63) is 39.3 Å². The summed E-state index contributed by atoms with van der Waals surface area (Å²) in [6.07, 6.45) is 0. The summed E-state index contributed by atoms with van der Waals surface area (Å²) in [5, 5.41) is 9.03. The van der Waals surface area contributed by atoms with Crippen LogP contribution in [-0.2, 0) is 6.54 Å². The van der Waals surface area contributed by atoms with E-state index >= 15 is 0 Å². The van der Waals surface area contributed by atoms with Crippen LogP contribution in [0.1, 0.15) is 30.9 Å². The molecule has 0 fully saturated rings. The van der Waals surface area contributed by atoms with Gasteiger partial charge in [-0.1, -0.05) is 37.0 Å². The summed E-state index contributed by atoms with van der Waals surface area (Å²) in [6.45, 7) is 8.59. The van der Waals surface area contributed by atoms with Crippen LogP contribution in [0.3, 0.4) is 0 Å². The van der Waals surface area contributed by atoms with Gasteiger partial charge < -0.3 is 5.32 Å². The smallest absolute Gasteiger partial charge is 0.154 e. The quantitative estimate of drug-likeness (QED) is 0.936. The van der Waals surface area contributed by atoms with Crippen molar-refractivity contribution in [2.24, 2.45) is 0 Å². The van der Waals surface area contributed by atoms with Crippen molar-refractivity contribution in [2.45, 2.75) is 40.3 Å². The largest absolute Gasteiger partial charge is 0.309 e. The molecule has 4 nitrogen and oxygen atoms in total. The number of halogens is 2. The van der Waals surface area contributed by atoms with Gasteiger partial charge in [-0.3, -0.25) is 0 Å². The Morgan fingerprint density at radius 3 is 2.50 bits per heavy atom. The third-order valence-corrected chi connectivity index (χ3v) is 3.89. The molecule has 0 amide bonds. The lowest BCUT2D eigenvalue weighted by molar-refractivity contribution is 0.580. The molecule has 2 rings (SSSR count). The molecule has 6 heteroatoms. The molecule has 2 aromatic rings. The van der Waals surface area contributed by atoms with E-state index in [1.54, 1.807) is 4.68 Å². The maximum atomic E-state index is 6.19. The summed E-state index contributed by atoms with van der Waals surface area (Å²) in [5.74, 6) is 0.724. The van der Waals surface area contributed by atoms with Crippen molar-refractivity contribution in [1.82, 2.24) is 20.1 Å². The van der Waals surface area contributed by atoms with E-state index in [1.165, 1.54) is 0 Å². The first-order valence-electron chi connectivity index (χ1n) is 6.51. The Bertz CT molecular complexity index is 620. The summed E-state index contributed by atoms with van der Waals surface area (Å²) >= 11 is 12.4.